The average molecular weight is 539 g/mol. The molecule has 2 aromatic heterocycles. The van der Waals surface area contributed by atoms with E-state index in [4.69, 9.17) is 24.2 Å². The molecule has 0 unspecified atom stereocenters. The number of fused-ring (bicyclic) bond motifs is 1. The summed E-state index contributed by atoms with van der Waals surface area (Å²) in [6.45, 7) is 4.17. The third-order valence-corrected chi connectivity index (χ3v) is 5.46. The molecule has 4 heterocycles. The van der Waals surface area contributed by atoms with Gasteiger partial charge in [0, 0.05) is 38.6 Å². The Balaban J connectivity index is 0.000000286. The minimum absolute atomic E-state index is 0.135. The molecular weight excluding hydrogens is 516 g/mol. The van der Waals surface area contributed by atoms with Crippen LogP contribution in [0.3, 0.4) is 0 Å². The summed E-state index contributed by atoms with van der Waals surface area (Å²) in [6.07, 6.45) is -3.76. The first-order valence-electron chi connectivity index (χ1n) is 10.7. The van der Waals surface area contributed by atoms with Crippen molar-refractivity contribution < 1.29 is 55.4 Å². The van der Waals surface area contributed by atoms with Crippen LogP contribution in [-0.4, -0.2) is 74.8 Å². The van der Waals surface area contributed by atoms with Gasteiger partial charge in [0.2, 0.25) is 5.91 Å². The van der Waals surface area contributed by atoms with Crippen LogP contribution in [0.25, 0.3) is 0 Å². The first-order chi connectivity index (χ1) is 17.2. The average Bonchev–Trinajstić information content (AvgIpc) is 3.46. The van der Waals surface area contributed by atoms with E-state index in [9.17, 15) is 31.1 Å². The van der Waals surface area contributed by atoms with Crippen molar-refractivity contribution >= 4 is 17.8 Å². The molecule has 9 nitrogen and oxygen atoms in total. The summed E-state index contributed by atoms with van der Waals surface area (Å²) in [5, 5.41) is 14.2. The van der Waals surface area contributed by atoms with Gasteiger partial charge >= 0.3 is 24.3 Å². The van der Waals surface area contributed by atoms with Crippen LogP contribution >= 0.6 is 0 Å². The maximum absolute atomic E-state index is 12.8. The number of carboxylic acids is 2. The highest BCUT2D eigenvalue weighted by molar-refractivity contribution is 5.80. The summed E-state index contributed by atoms with van der Waals surface area (Å²) in [6, 6.07) is 7.87. The Labute approximate surface area is 206 Å². The minimum atomic E-state index is -5.08. The Morgan fingerprint density at radius 2 is 1.62 bits per heavy atom. The fourth-order valence-corrected chi connectivity index (χ4v) is 3.82. The second-order valence-corrected chi connectivity index (χ2v) is 8.16. The fourth-order valence-electron chi connectivity index (χ4n) is 3.82. The van der Waals surface area contributed by atoms with Crippen LogP contribution in [0.2, 0.25) is 0 Å². The number of pyridine rings is 1. The predicted molar refractivity (Wildman–Crippen MR) is 113 cm³/mol. The van der Waals surface area contributed by atoms with Crippen molar-refractivity contribution in [3.63, 3.8) is 0 Å². The van der Waals surface area contributed by atoms with Gasteiger partial charge in [0.05, 0.1) is 18.7 Å². The van der Waals surface area contributed by atoms with E-state index >= 15 is 0 Å². The van der Waals surface area contributed by atoms with E-state index in [-0.39, 0.29) is 5.92 Å². The van der Waals surface area contributed by atoms with Gasteiger partial charge in [0.15, 0.2) is 0 Å². The number of aromatic nitrogens is 1. The summed E-state index contributed by atoms with van der Waals surface area (Å²) >= 11 is 0. The molecule has 0 spiro atoms. The van der Waals surface area contributed by atoms with Gasteiger partial charge < -0.3 is 19.5 Å². The summed E-state index contributed by atoms with van der Waals surface area (Å²) in [4.78, 5) is 39.1. The number of alkyl halides is 6. The molecule has 0 bridgehead atoms. The Kier molecular flexibility index (Phi) is 10.1. The molecule has 2 fully saturated rings. The SMILES string of the molecule is O=C(O)C(F)(F)F.O=C(O)C(F)(F)F.O=C1[C@H]2CN(Cc3ccco3)C[C@@H]2CCN1Cc1cccnc1. The molecule has 0 radical (unpaired) electrons. The van der Waals surface area contributed by atoms with Crippen molar-refractivity contribution in [3.05, 3.63) is 54.2 Å². The number of rotatable bonds is 4. The summed E-state index contributed by atoms with van der Waals surface area (Å²) in [5.74, 6) is -3.62. The van der Waals surface area contributed by atoms with Crippen LogP contribution in [0.4, 0.5) is 26.3 Å². The number of likely N-dealkylation sites (tertiary alicyclic amines) is 2. The van der Waals surface area contributed by atoms with Crippen LogP contribution in [0.15, 0.2) is 47.3 Å². The van der Waals surface area contributed by atoms with E-state index in [1.165, 1.54) is 0 Å². The van der Waals surface area contributed by atoms with E-state index in [0.717, 1.165) is 43.9 Å². The maximum Gasteiger partial charge on any atom is 0.490 e. The second kappa shape index (κ2) is 12.6. The Morgan fingerprint density at radius 3 is 2.11 bits per heavy atom. The van der Waals surface area contributed by atoms with Gasteiger partial charge in [-0.05, 0) is 36.1 Å². The van der Waals surface area contributed by atoms with E-state index in [1.54, 1.807) is 12.5 Å². The predicted octanol–water partition coefficient (Wildman–Crippen LogP) is 3.42. The van der Waals surface area contributed by atoms with Crippen molar-refractivity contribution in [2.24, 2.45) is 11.8 Å². The molecule has 37 heavy (non-hydrogen) atoms. The summed E-state index contributed by atoms with van der Waals surface area (Å²) < 4.78 is 68.9. The lowest BCUT2D eigenvalue weighted by Gasteiger charge is -2.33. The second-order valence-electron chi connectivity index (χ2n) is 8.16. The molecule has 0 aromatic carbocycles. The zero-order valence-corrected chi connectivity index (χ0v) is 19.1. The fraction of sp³-hybridized carbons (Fsp3) is 0.455. The highest BCUT2D eigenvalue weighted by Crippen LogP contribution is 2.33. The summed E-state index contributed by atoms with van der Waals surface area (Å²) in [7, 11) is 0. The molecule has 15 heteroatoms. The van der Waals surface area contributed by atoms with Gasteiger partial charge in [0.1, 0.15) is 5.76 Å². The van der Waals surface area contributed by atoms with Gasteiger partial charge in [-0.25, -0.2) is 9.59 Å². The zero-order valence-electron chi connectivity index (χ0n) is 19.1. The van der Waals surface area contributed by atoms with Crippen LogP contribution in [-0.2, 0) is 27.5 Å². The Bertz CT molecular complexity index is 1010. The first kappa shape index (κ1) is 29.6. The normalized spacial score (nSPS) is 19.7. The lowest BCUT2D eigenvalue weighted by Crippen LogP contribution is -2.44. The number of piperidine rings is 1. The van der Waals surface area contributed by atoms with Crippen molar-refractivity contribution in [3.8, 4) is 0 Å². The smallest absolute Gasteiger partial charge is 0.475 e. The molecule has 204 valence electrons. The lowest BCUT2D eigenvalue weighted by atomic mass is 9.88. The Morgan fingerprint density at radius 1 is 1.00 bits per heavy atom. The molecule has 2 aliphatic heterocycles. The van der Waals surface area contributed by atoms with Gasteiger partial charge in [-0.1, -0.05) is 6.07 Å². The monoisotopic (exact) mass is 539 g/mol. The van der Waals surface area contributed by atoms with Crippen LogP contribution < -0.4 is 0 Å². The number of carbonyl (C=O) groups excluding carboxylic acids is 1. The molecule has 2 N–H and O–H groups in total. The number of nitrogens with zero attached hydrogens (tertiary/aromatic N) is 3. The molecule has 0 saturated carbocycles. The number of aliphatic carboxylic acids is 2. The molecular formula is C22H23F6N3O6. The summed E-state index contributed by atoms with van der Waals surface area (Å²) in [5.41, 5.74) is 1.10. The topological polar surface area (TPSA) is 124 Å². The number of halogens is 6. The third kappa shape index (κ3) is 9.40. The molecule has 2 atom stereocenters. The van der Waals surface area contributed by atoms with E-state index in [0.29, 0.717) is 18.4 Å². The molecule has 2 saturated heterocycles. The van der Waals surface area contributed by atoms with Gasteiger partial charge in [0.25, 0.3) is 0 Å². The van der Waals surface area contributed by atoms with Crippen molar-refractivity contribution in [1.29, 1.82) is 0 Å². The number of carboxylic acid groups (broad SMARTS) is 2. The molecule has 2 aliphatic rings. The number of furan rings is 1. The molecule has 4 rings (SSSR count). The maximum atomic E-state index is 12.8. The molecule has 1 amide bonds. The van der Waals surface area contributed by atoms with Crippen molar-refractivity contribution in [2.45, 2.75) is 31.9 Å². The minimum Gasteiger partial charge on any atom is -0.475 e. The standard InChI is InChI=1S/C18H21N3O2.2C2HF3O2/c22-18-17-13-20(12-16-4-2-8-23-16)11-15(17)5-7-21(18)10-14-3-1-6-19-9-14;2*3-2(4,5)1(6)7/h1-4,6,8-9,15,17H,5,7,10-13H2;2*(H,6,7)/t15-,17-;;/m0../s1. The van der Waals surface area contributed by atoms with Gasteiger partial charge in [-0.3, -0.25) is 14.7 Å². The Hall–Kier alpha value is -3.62. The van der Waals surface area contributed by atoms with E-state index in [1.807, 2.05) is 35.4 Å². The van der Waals surface area contributed by atoms with Crippen LogP contribution in [0.5, 0.6) is 0 Å². The zero-order chi connectivity index (χ0) is 27.8. The van der Waals surface area contributed by atoms with E-state index in [2.05, 4.69) is 9.88 Å². The number of hydrogen-bond acceptors (Lipinski definition) is 6. The first-order valence-corrected chi connectivity index (χ1v) is 10.7. The van der Waals surface area contributed by atoms with E-state index < -0.39 is 24.3 Å². The molecule has 2 aromatic rings. The third-order valence-electron chi connectivity index (χ3n) is 5.46. The van der Waals surface area contributed by atoms with Crippen molar-refractivity contribution in [2.75, 3.05) is 19.6 Å². The highest BCUT2D eigenvalue weighted by atomic mass is 19.4. The highest BCUT2D eigenvalue weighted by Gasteiger charge is 2.43. The van der Waals surface area contributed by atoms with Gasteiger partial charge in [-0.2, -0.15) is 26.3 Å². The number of hydrogen-bond donors (Lipinski definition) is 2. The number of amides is 1. The molecule has 0 aliphatic carbocycles. The van der Waals surface area contributed by atoms with Gasteiger partial charge in [-0.15, -0.1) is 0 Å². The van der Waals surface area contributed by atoms with Crippen LogP contribution in [0, 0.1) is 11.8 Å². The van der Waals surface area contributed by atoms with Crippen molar-refractivity contribution in [1.82, 2.24) is 14.8 Å². The van der Waals surface area contributed by atoms with Crippen LogP contribution in [0.1, 0.15) is 17.7 Å². The quantitative estimate of drug-likeness (QED) is 0.567. The number of carbonyl (C=O) groups is 3. The largest absolute Gasteiger partial charge is 0.490 e. The lowest BCUT2D eigenvalue weighted by molar-refractivity contribution is -0.193.